The molecule has 1 atom stereocenters. The van der Waals surface area contributed by atoms with Crippen LogP contribution < -0.4 is 9.47 Å². The summed E-state index contributed by atoms with van der Waals surface area (Å²) >= 11 is 0. The summed E-state index contributed by atoms with van der Waals surface area (Å²) in [4.78, 5) is 12.6. The highest BCUT2D eigenvalue weighted by molar-refractivity contribution is 5.91. The second-order valence-corrected chi connectivity index (χ2v) is 11.5. The third-order valence-corrected chi connectivity index (χ3v) is 7.94. The monoisotopic (exact) mass is 552 g/mol. The minimum atomic E-state index is -0.388. The average Bonchev–Trinajstić information content (AvgIpc) is 2.99. The quantitative estimate of drug-likeness (QED) is 0.0986. The Hall–Kier alpha value is -2.37. The van der Waals surface area contributed by atoms with Gasteiger partial charge in [-0.2, -0.15) is 0 Å². The Balaban J connectivity index is 1.31. The van der Waals surface area contributed by atoms with Crippen LogP contribution in [0.5, 0.6) is 11.5 Å². The van der Waals surface area contributed by atoms with Crippen LogP contribution in [0.2, 0.25) is 0 Å². The number of carbonyl (C=O) groups is 1. The first-order valence-electron chi connectivity index (χ1n) is 15.9. The summed E-state index contributed by atoms with van der Waals surface area (Å²) in [6, 6.07) is 14.5. The maximum absolute atomic E-state index is 12.6. The van der Waals surface area contributed by atoms with Crippen molar-refractivity contribution in [1.82, 2.24) is 0 Å². The lowest BCUT2D eigenvalue weighted by molar-refractivity contribution is -0.206. The van der Waals surface area contributed by atoms with Crippen molar-refractivity contribution in [1.29, 1.82) is 0 Å². The summed E-state index contributed by atoms with van der Waals surface area (Å²) in [5.74, 6) is 2.08. The van der Waals surface area contributed by atoms with E-state index in [1.54, 1.807) is 24.3 Å². The summed E-state index contributed by atoms with van der Waals surface area (Å²) in [5.41, 5.74) is 1.43. The van der Waals surface area contributed by atoms with Crippen LogP contribution in [-0.4, -0.2) is 25.8 Å². The highest BCUT2D eigenvalue weighted by Crippen LogP contribution is 2.29. The van der Waals surface area contributed by atoms with Crippen molar-refractivity contribution in [3.05, 3.63) is 59.7 Å². The lowest BCUT2D eigenvalue weighted by Gasteiger charge is -2.29. The van der Waals surface area contributed by atoms with Gasteiger partial charge in [-0.05, 0) is 61.6 Å². The predicted octanol–water partition coefficient (Wildman–Crippen LogP) is 9.69. The van der Waals surface area contributed by atoms with Crippen LogP contribution >= 0.6 is 0 Å². The predicted molar refractivity (Wildman–Crippen MR) is 162 cm³/mol. The number of rotatable bonds is 19. The van der Waals surface area contributed by atoms with Gasteiger partial charge in [-0.3, -0.25) is 0 Å². The normalized spacial score (nSPS) is 17.9. The summed E-state index contributed by atoms with van der Waals surface area (Å²) in [6.07, 6.45) is 16.4. The van der Waals surface area contributed by atoms with E-state index in [4.69, 9.17) is 18.9 Å². The molecule has 0 unspecified atom stereocenters. The summed E-state index contributed by atoms with van der Waals surface area (Å²) in [7, 11) is 0. The van der Waals surface area contributed by atoms with Crippen molar-refractivity contribution >= 4 is 5.97 Å². The molecule has 3 rings (SSSR count). The number of hydrogen-bond acceptors (Lipinski definition) is 5. The smallest absolute Gasteiger partial charge is 0.343 e. The van der Waals surface area contributed by atoms with Crippen molar-refractivity contribution in [3.8, 4) is 11.5 Å². The van der Waals surface area contributed by atoms with Crippen LogP contribution in [0.4, 0.5) is 0 Å². The van der Waals surface area contributed by atoms with E-state index in [0.29, 0.717) is 23.8 Å². The van der Waals surface area contributed by atoms with E-state index in [2.05, 4.69) is 20.8 Å². The third kappa shape index (κ3) is 12.0. The molecule has 1 aliphatic heterocycles. The molecule has 0 aliphatic carbocycles. The Morgan fingerprint density at radius 1 is 0.800 bits per heavy atom. The summed E-state index contributed by atoms with van der Waals surface area (Å²) in [6.45, 7) is 8.90. The van der Waals surface area contributed by atoms with Gasteiger partial charge in [-0.15, -0.1) is 0 Å². The number of unbranched alkanes of at least 4 members (excludes halogenated alkanes) is 8. The molecule has 0 saturated carbocycles. The van der Waals surface area contributed by atoms with E-state index < -0.39 is 0 Å². The van der Waals surface area contributed by atoms with Crippen molar-refractivity contribution in [3.63, 3.8) is 0 Å². The van der Waals surface area contributed by atoms with Gasteiger partial charge in [0.2, 0.25) is 0 Å². The zero-order valence-corrected chi connectivity index (χ0v) is 25.2. The Morgan fingerprint density at radius 3 is 2.02 bits per heavy atom. The summed E-state index contributed by atoms with van der Waals surface area (Å²) in [5, 5.41) is 0. The van der Waals surface area contributed by atoms with Gasteiger partial charge in [0.25, 0.3) is 0 Å². The second-order valence-electron chi connectivity index (χ2n) is 11.5. The SMILES string of the molecule is CCCCCCCCCCCC1COC(c2ccc(OC(=O)c3ccc(OCCC[C@@H](C)CC)cc3)cc2)OC1. The molecule has 0 amide bonds. The molecule has 5 nitrogen and oxygen atoms in total. The molecule has 40 heavy (non-hydrogen) atoms. The number of carbonyl (C=O) groups excluding carboxylic acids is 1. The molecule has 0 aromatic heterocycles. The van der Waals surface area contributed by atoms with Crippen molar-refractivity contribution in [2.45, 2.75) is 111 Å². The minimum Gasteiger partial charge on any atom is -0.494 e. The lowest BCUT2D eigenvalue weighted by atomic mass is 10.0. The molecule has 2 aromatic carbocycles. The first-order chi connectivity index (χ1) is 19.6. The minimum absolute atomic E-state index is 0.359. The zero-order valence-electron chi connectivity index (χ0n) is 25.2. The van der Waals surface area contributed by atoms with Gasteiger partial charge in [-0.1, -0.05) is 97.1 Å². The van der Waals surface area contributed by atoms with Gasteiger partial charge in [0.05, 0.1) is 25.4 Å². The van der Waals surface area contributed by atoms with E-state index >= 15 is 0 Å². The van der Waals surface area contributed by atoms with E-state index in [1.807, 2.05) is 24.3 Å². The Kier molecular flexibility index (Phi) is 15.2. The second kappa shape index (κ2) is 18.9. The number of ether oxygens (including phenoxy) is 4. The molecule has 222 valence electrons. The fraction of sp³-hybridized carbons (Fsp3) is 0.629. The molecule has 1 heterocycles. The van der Waals surface area contributed by atoms with Crippen LogP contribution in [0, 0.1) is 11.8 Å². The molecule has 1 saturated heterocycles. The molecule has 0 radical (unpaired) electrons. The van der Waals surface area contributed by atoms with Crippen LogP contribution in [0.25, 0.3) is 0 Å². The van der Waals surface area contributed by atoms with E-state index in [0.717, 1.165) is 36.9 Å². The highest BCUT2D eigenvalue weighted by atomic mass is 16.7. The zero-order chi connectivity index (χ0) is 28.4. The standard InChI is InChI=1S/C35H52O5/c1-4-6-7-8-9-10-11-12-13-16-29-26-38-35(39-27-29)31-19-23-33(24-20-31)40-34(36)30-17-21-32(22-18-30)37-25-14-15-28(3)5-2/h17-24,28-29,35H,4-16,25-27H2,1-3H3/t28-,29?,35?/m0/s1. The molecule has 1 aliphatic rings. The maximum atomic E-state index is 12.6. The van der Waals surface area contributed by atoms with Gasteiger partial charge >= 0.3 is 5.97 Å². The molecular formula is C35H52O5. The molecular weight excluding hydrogens is 500 g/mol. The Bertz CT molecular complexity index is 931. The molecule has 2 aromatic rings. The van der Waals surface area contributed by atoms with E-state index in [-0.39, 0.29) is 12.3 Å². The number of hydrogen-bond donors (Lipinski definition) is 0. The lowest BCUT2D eigenvalue weighted by Crippen LogP contribution is -2.27. The maximum Gasteiger partial charge on any atom is 0.343 e. The van der Waals surface area contributed by atoms with Crippen LogP contribution in [0.1, 0.15) is 126 Å². The van der Waals surface area contributed by atoms with Gasteiger partial charge in [0.1, 0.15) is 11.5 Å². The van der Waals surface area contributed by atoms with Crippen LogP contribution in [0.3, 0.4) is 0 Å². The van der Waals surface area contributed by atoms with Gasteiger partial charge in [0, 0.05) is 11.5 Å². The summed E-state index contributed by atoms with van der Waals surface area (Å²) < 4.78 is 23.4. The fourth-order valence-corrected chi connectivity index (χ4v) is 5.02. The van der Waals surface area contributed by atoms with Crippen molar-refractivity contribution < 1.29 is 23.7 Å². The average molecular weight is 553 g/mol. The fourth-order valence-electron chi connectivity index (χ4n) is 5.02. The van der Waals surface area contributed by atoms with E-state index in [1.165, 1.54) is 77.0 Å². The first kappa shape index (κ1) is 32.1. The van der Waals surface area contributed by atoms with Crippen molar-refractivity contribution in [2.24, 2.45) is 11.8 Å². The van der Waals surface area contributed by atoms with Crippen LogP contribution in [-0.2, 0) is 9.47 Å². The number of benzene rings is 2. The molecule has 0 spiro atoms. The highest BCUT2D eigenvalue weighted by Gasteiger charge is 2.23. The Labute approximate surface area is 242 Å². The van der Waals surface area contributed by atoms with Gasteiger partial charge < -0.3 is 18.9 Å². The largest absolute Gasteiger partial charge is 0.494 e. The third-order valence-electron chi connectivity index (χ3n) is 7.94. The van der Waals surface area contributed by atoms with Crippen molar-refractivity contribution in [2.75, 3.05) is 19.8 Å². The first-order valence-corrected chi connectivity index (χ1v) is 15.9. The molecule has 1 fully saturated rings. The van der Waals surface area contributed by atoms with E-state index in [9.17, 15) is 4.79 Å². The molecule has 0 bridgehead atoms. The van der Waals surface area contributed by atoms with Gasteiger partial charge in [0.15, 0.2) is 6.29 Å². The Morgan fingerprint density at radius 2 is 1.40 bits per heavy atom. The van der Waals surface area contributed by atoms with Gasteiger partial charge in [-0.25, -0.2) is 4.79 Å². The topological polar surface area (TPSA) is 54.0 Å². The molecule has 0 N–H and O–H groups in total. The molecule has 5 heteroatoms. The number of esters is 1. The van der Waals surface area contributed by atoms with Crippen LogP contribution in [0.15, 0.2) is 48.5 Å².